The summed E-state index contributed by atoms with van der Waals surface area (Å²) in [7, 11) is 0. The van der Waals surface area contributed by atoms with Crippen LogP contribution in [0.1, 0.15) is 45.2 Å². The highest BCUT2D eigenvalue weighted by molar-refractivity contribution is 8.00. The van der Waals surface area contributed by atoms with Crippen LogP contribution in [0.15, 0.2) is 12.4 Å². The number of nitrogens with two attached hydrogens (primary N) is 1. The summed E-state index contributed by atoms with van der Waals surface area (Å²) in [6.07, 6.45) is 3.76. The molecule has 0 bridgehead atoms. The van der Waals surface area contributed by atoms with Gasteiger partial charge in [-0.2, -0.15) is 11.8 Å². The first-order valence-corrected chi connectivity index (χ1v) is 7.88. The summed E-state index contributed by atoms with van der Waals surface area (Å²) in [5.74, 6) is 2.54. The van der Waals surface area contributed by atoms with E-state index in [-0.39, 0.29) is 24.8 Å². The molecule has 122 valence electrons. The summed E-state index contributed by atoms with van der Waals surface area (Å²) >= 11 is 1.96. The van der Waals surface area contributed by atoms with E-state index in [2.05, 4.69) is 42.1 Å². The van der Waals surface area contributed by atoms with Crippen molar-refractivity contribution in [3.8, 4) is 0 Å². The number of nitrogens with one attached hydrogen (secondary N) is 1. The zero-order chi connectivity index (χ0) is 13.9. The topological polar surface area (TPSA) is 63.8 Å². The molecule has 0 atom stereocenters. The Labute approximate surface area is 144 Å². The Hall–Kier alpha value is -0.230. The van der Waals surface area contributed by atoms with E-state index in [1.54, 1.807) is 6.33 Å². The number of nitrogens with zero attached hydrogens (tertiary/aromatic N) is 2. The van der Waals surface area contributed by atoms with Crippen LogP contribution in [0, 0.1) is 0 Å². The molecular formula is C14H26Cl2N4S. The highest BCUT2D eigenvalue weighted by atomic mass is 35.5. The molecule has 0 amide bonds. The van der Waals surface area contributed by atoms with Crippen LogP contribution in [0.25, 0.3) is 0 Å². The predicted octanol–water partition coefficient (Wildman–Crippen LogP) is 3.47. The minimum absolute atomic E-state index is 0. The van der Waals surface area contributed by atoms with Crippen LogP contribution in [-0.2, 0) is 0 Å². The Morgan fingerprint density at radius 2 is 1.95 bits per heavy atom. The molecule has 0 aliphatic heterocycles. The monoisotopic (exact) mass is 352 g/mol. The van der Waals surface area contributed by atoms with Gasteiger partial charge in [0.05, 0.1) is 0 Å². The minimum Gasteiger partial charge on any atom is -0.369 e. The maximum absolute atomic E-state index is 5.82. The Bertz CT molecular complexity index is 420. The molecule has 1 fully saturated rings. The standard InChI is InChI=1S/C14H24N4S.2ClH/c1-14(2,3)19-5-4-16-13-8-12(17-9-18-13)10-6-11(15)7-10;;/h8-11H,4-7,15H2,1-3H3,(H,16,17,18);2*1H. The lowest BCUT2D eigenvalue weighted by atomic mass is 9.79. The smallest absolute Gasteiger partial charge is 0.129 e. The Morgan fingerprint density at radius 1 is 1.29 bits per heavy atom. The van der Waals surface area contributed by atoms with Gasteiger partial charge in [0.25, 0.3) is 0 Å². The maximum atomic E-state index is 5.82. The molecule has 1 heterocycles. The van der Waals surface area contributed by atoms with Crippen LogP contribution in [0.2, 0.25) is 0 Å². The van der Waals surface area contributed by atoms with Gasteiger partial charge in [0.15, 0.2) is 0 Å². The molecule has 0 saturated heterocycles. The van der Waals surface area contributed by atoms with E-state index in [1.807, 2.05) is 11.8 Å². The molecule has 0 unspecified atom stereocenters. The number of hydrogen-bond donors (Lipinski definition) is 2. The van der Waals surface area contributed by atoms with Gasteiger partial charge in [-0.1, -0.05) is 20.8 Å². The average molecular weight is 353 g/mol. The van der Waals surface area contributed by atoms with Gasteiger partial charge in [-0.05, 0) is 12.8 Å². The van der Waals surface area contributed by atoms with Gasteiger partial charge in [0.1, 0.15) is 12.1 Å². The molecule has 7 heteroatoms. The molecule has 1 saturated carbocycles. The Kier molecular flexibility index (Phi) is 8.93. The number of anilines is 1. The van der Waals surface area contributed by atoms with Crippen molar-refractivity contribution in [1.82, 2.24) is 9.97 Å². The number of aromatic nitrogens is 2. The zero-order valence-corrected chi connectivity index (χ0v) is 15.3. The lowest BCUT2D eigenvalue weighted by molar-refractivity contribution is 0.345. The molecule has 1 aromatic heterocycles. The molecule has 21 heavy (non-hydrogen) atoms. The maximum Gasteiger partial charge on any atom is 0.129 e. The van der Waals surface area contributed by atoms with Gasteiger partial charge in [0.2, 0.25) is 0 Å². The molecule has 2 rings (SSSR count). The molecule has 4 nitrogen and oxygen atoms in total. The highest BCUT2D eigenvalue weighted by Gasteiger charge is 2.28. The number of thioether (sulfide) groups is 1. The van der Waals surface area contributed by atoms with E-state index in [4.69, 9.17) is 5.73 Å². The molecular weight excluding hydrogens is 327 g/mol. The van der Waals surface area contributed by atoms with Gasteiger partial charge >= 0.3 is 0 Å². The van der Waals surface area contributed by atoms with Crippen molar-refractivity contribution in [2.24, 2.45) is 5.73 Å². The van der Waals surface area contributed by atoms with Crippen LogP contribution in [0.5, 0.6) is 0 Å². The predicted molar refractivity (Wildman–Crippen MR) is 97.2 cm³/mol. The van der Waals surface area contributed by atoms with Crippen molar-refractivity contribution in [3.05, 3.63) is 18.1 Å². The number of halogens is 2. The van der Waals surface area contributed by atoms with E-state index in [0.29, 0.717) is 16.7 Å². The molecule has 3 N–H and O–H groups in total. The third-order valence-corrected chi connectivity index (χ3v) is 4.50. The van der Waals surface area contributed by atoms with Crippen molar-refractivity contribution >= 4 is 42.4 Å². The normalized spacial score (nSPS) is 20.8. The molecule has 0 aromatic carbocycles. The van der Waals surface area contributed by atoms with E-state index in [0.717, 1.165) is 36.7 Å². The van der Waals surface area contributed by atoms with Crippen molar-refractivity contribution in [3.63, 3.8) is 0 Å². The van der Waals surface area contributed by atoms with Crippen LogP contribution in [0.4, 0.5) is 5.82 Å². The lowest BCUT2D eigenvalue weighted by Crippen LogP contribution is -2.35. The second-order valence-corrected chi connectivity index (χ2v) is 8.07. The first-order valence-electron chi connectivity index (χ1n) is 6.89. The van der Waals surface area contributed by atoms with Crippen molar-refractivity contribution in [1.29, 1.82) is 0 Å². The summed E-state index contributed by atoms with van der Waals surface area (Å²) in [5, 5.41) is 3.37. The second kappa shape index (κ2) is 9.03. The van der Waals surface area contributed by atoms with Gasteiger partial charge in [-0.3, -0.25) is 0 Å². The van der Waals surface area contributed by atoms with Crippen molar-refractivity contribution in [2.75, 3.05) is 17.6 Å². The van der Waals surface area contributed by atoms with Crippen molar-refractivity contribution < 1.29 is 0 Å². The Balaban J connectivity index is 0.00000200. The van der Waals surface area contributed by atoms with Gasteiger partial charge in [-0.15, -0.1) is 24.8 Å². The fraction of sp³-hybridized carbons (Fsp3) is 0.714. The van der Waals surface area contributed by atoms with Gasteiger partial charge in [-0.25, -0.2) is 9.97 Å². The van der Waals surface area contributed by atoms with Crippen LogP contribution >= 0.6 is 36.6 Å². The number of hydrogen-bond acceptors (Lipinski definition) is 5. The van der Waals surface area contributed by atoms with Crippen LogP contribution in [0.3, 0.4) is 0 Å². The summed E-state index contributed by atoms with van der Waals surface area (Å²) in [6.45, 7) is 7.64. The summed E-state index contributed by atoms with van der Waals surface area (Å²) < 4.78 is 0.320. The van der Waals surface area contributed by atoms with Crippen LogP contribution in [-0.4, -0.2) is 33.1 Å². The zero-order valence-electron chi connectivity index (χ0n) is 12.8. The van der Waals surface area contributed by atoms with Crippen LogP contribution < -0.4 is 11.1 Å². The van der Waals surface area contributed by atoms with Gasteiger partial charge < -0.3 is 11.1 Å². The van der Waals surface area contributed by atoms with E-state index in [9.17, 15) is 0 Å². The fourth-order valence-electron chi connectivity index (χ4n) is 2.13. The second-order valence-electron chi connectivity index (χ2n) is 6.14. The Morgan fingerprint density at radius 3 is 2.52 bits per heavy atom. The first kappa shape index (κ1) is 20.8. The number of rotatable bonds is 5. The molecule has 1 aromatic rings. The van der Waals surface area contributed by atoms with E-state index >= 15 is 0 Å². The van der Waals surface area contributed by atoms with E-state index < -0.39 is 0 Å². The molecule has 0 spiro atoms. The van der Waals surface area contributed by atoms with Crippen molar-refractivity contribution in [2.45, 2.75) is 50.3 Å². The lowest BCUT2D eigenvalue weighted by Gasteiger charge is -2.31. The minimum atomic E-state index is 0. The third-order valence-electron chi connectivity index (χ3n) is 3.22. The largest absolute Gasteiger partial charge is 0.369 e. The molecule has 1 aliphatic rings. The molecule has 1 aliphatic carbocycles. The molecule has 0 radical (unpaired) electrons. The van der Waals surface area contributed by atoms with E-state index in [1.165, 1.54) is 0 Å². The average Bonchev–Trinajstić information content (AvgIpc) is 2.30. The SMILES string of the molecule is CC(C)(C)SCCNc1cc(C2CC(N)C2)ncn1.Cl.Cl. The summed E-state index contributed by atoms with van der Waals surface area (Å²) in [6, 6.07) is 2.43. The fourth-order valence-corrected chi connectivity index (χ4v) is 2.95. The highest BCUT2D eigenvalue weighted by Crippen LogP contribution is 2.34. The summed E-state index contributed by atoms with van der Waals surface area (Å²) in [5.41, 5.74) is 6.95. The van der Waals surface area contributed by atoms with Gasteiger partial charge in [0, 0.05) is 40.8 Å². The summed E-state index contributed by atoms with van der Waals surface area (Å²) in [4.78, 5) is 8.62. The first-order chi connectivity index (χ1) is 8.94. The third kappa shape index (κ3) is 7.04. The quantitative estimate of drug-likeness (QED) is 0.794.